The van der Waals surface area contributed by atoms with Gasteiger partial charge in [-0.2, -0.15) is 4.98 Å². The molecule has 0 spiro atoms. The molecule has 2 heterocycles. The summed E-state index contributed by atoms with van der Waals surface area (Å²) in [6.45, 7) is 9.46. The Morgan fingerprint density at radius 2 is 2.03 bits per heavy atom. The van der Waals surface area contributed by atoms with Crippen LogP contribution in [0.4, 0.5) is 0 Å². The Hall–Kier alpha value is -2.63. The van der Waals surface area contributed by atoms with Crippen molar-refractivity contribution < 1.29 is 22.5 Å². The summed E-state index contributed by atoms with van der Waals surface area (Å²) in [5.74, 6) is 1.34. The van der Waals surface area contributed by atoms with Crippen molar-refractivity contribution in [3.8, 4) is 21.3 Å². The summed E-state index contributed by atoms with van der Waals surface area (Å²) < 4.78 is 38.5. The maximum absolute atomic E-state index is 12.7. The standard InChI is InChI=1S/C25H32N4O5S2/c1-15(2)29-36(31,32)18-9-10-19(16(3)11-18)22-20(12-17-7-6-8-17)26-24(35-22)23-27-21(34-28-23)13-25(4,5)33-14-30/h9-11,14-15,17,29H,6-8,12-13H2,1-5H3. The van der Waals surface area contributed by atoms with Crippen LogP contribution >= 0.6 is 11.3 Å². The van der Waals surface area contributed by atoms with Crippen LogP contribution in [0.3, 0.4) is 0 Å². The number of ether oxygens (including phenoxy) is 1. The van der Waals surface area contributed by atoms with Crippen molar-refractivity contribution in [2.24, 2.45) is 5.92 Å². The van der Waals surface area contributed by atoms with Gasteiger partial charge in [-0.15, -0.1) is 11.3 Å². The first kappa shape index (κ1) is 26.4. The van der Waals surface area contributed by atoms with Gasteiger partial charge in [-0.05, 0) is 70.2 Å². The normalized spacial score (nSPS) is 14.7. The van der Waals surface area contributed by atoms with Gasteiger partial charge in [0.25, 0.3) is 6.47 Å². The molecule has 36 heavy (non-hydrogen) atoms. The van der Waals surface area contributed by atoms with Crippen LogP contribution in [0.2, 0.25) is 0 Å². The lowest BCUT2D eigenvalue weighted by atomic mass is 9.81. The van der Waals surface area contributed by atoms with Crippen LogP contribution in [0.15, 0.2) is 27.6 Å². The third-order valence-corrected chi connectivity index (χ3v) is 8.93. The zero-order valence-electron chi connectivity index (χ0n) is 21.2. The number of nitrogens with zero attached hydrogens (tertiary/aromatic N) is 3. The molecule has 194 valence electrons. The summed E-state index contributed by atoms with van der Waals surface area (Å²) in [5.41, 5.74) is 2.00. The van der Waals surface area contributed by atoms with E-state index in [4.69, 9.17) is 14.2 Å². The average Bonchev–Trinajstić information content (AvgIpc) is 3.36. The van der Waals surface area contributed by atoms with Gasteiger partial charge in [-0.25, -0.2) is 18.1 Å². The predicted octanol–water partition coefficient (Wildman–Crippen LogP) is 4.69. The topological polar surface area (TPSA) is 124 Å². The Bertz CT molecular complexity index is 1340. The highest BCUT2D eigenvalue weighted by atomic mass is 32.2. The Labute approximate surface area is 215 Å². The highest BCUT2D eigenvalue weighted by molar-refractivity contribution is 7.89. The average molecular weight is 533 g/mol. The van der Waals surface area contributed by atoms with E-state index in [0.29, 0.717) is 29.1 Å². The maximum atomic E-state index is 12.7. The second kappa shape index (κ2) is 10.4. The van der Waals surface area contributed by atoms with Crippen molar-refractivity contribution in [3.63, 3.8) is 0 Å². The third kappa shape index (κ3) is 6.01. The van der Waals surface area contributed by atoms with Gasteiger partial charge in [0.05, 0.1) is 21.9 Å². The fourth-order valence-corrected chi connectivity index (χ4v) is 6.60. The molecule has 1 aromatic carbocycles. The van der Waals surface area contributed by atoms with Crippen molar-refractivity contribution in [2.75, 3.05) is 0 Å². The van der Waals surface area contributed by atoms with Crippen LogP contribution in [0.25, 0.3) is 21.3 Å². The highest BCUT2D eigenvalue weighted by Gasteiger charge is 2.27. The minimum atomic E-state index is -3.59. The molecule has 0 unspecified atom stereocenters. The van der Waals surface area contributed by atoms with Crippen LogP contribution in [-0.4, -0.2) is 41.7 Å². The van der Waals surface area contributed by atoms with E-state index in [-0.39, 0.29) is 17.4 Å². The molecule has 0 aliphatic heterocycles. The molecule has 0 bridgehead atoms. The molecular weight excluding hydrogens is 500 g/mol. The molecule has 1 fully saturated rings. The number of benzene rings is 1. The van der Waals surface area contributed by atoms with Crippen LogP contribution in [-0.2, 0) is 32.4 Å². The lowest BCUT2D eigenvalue weighted by molar-refractivity contribution is -0.140. The number of aryl methyl sites for hydroxylation is 1. The summed E-state index contributed by atoms with van der Waals surface area (Å²) in [6, 6.07) is 5.01. The minimum Gasteiger partial charge on any atom is -0.461 e. The van der Waals surface area contributed by atoms with E-state index in [0.717, 1.165) is 28.1 Å². The fraction of sp³-hybridized carbons (Fsp3) is 0.520. The van der Waals surface area contributed by atoms with Crippen LogP contribution < -0.4 is 4.72 Å². The summed E-state index contributed by atoms with van der Waals surface area (Å²) >= 11 is 1.47. The number of aromatic nitrogens is 3. The van der Waals surface area contributed by atoms with E-state index < -0.39 is 15.6 Å². The van der Waals surface area contributed by atoms with Gasteiger partial charge in [0.2, 0.25) is 21.7 Å². The fourth-order valence-electron chi connectivity index (χ4n) is 4.15. The molecule has 1 N–H and O–H groups in total. The number of nitrogens with one attached hydrogen (secondary N) is 1. The van der Waals surface area contributed by atoms with Crippen LogP contribution in [0.1, 0.15) is 64.1 Å². The van der Waals surface area contributed by atoms with E-state index in [1.54, 1.807) is 39.8 Å². The predicted molar refractivity (Wildman–Crippen MR) is 137 cm³/mol. The Balaban J connectivity index is 1.68. The molecular formula is C25H32N4O5S2. The van der Waals surface area contributed by atoms with Gasteiger partial charge in [-0.3, -0.25) is 4.79 Å². The minimum absolute atomic E-state index is 0.191. The summed E-state index contributed by atoms with van der Waals surface area (Å²) in [4.78, 5) is 21.4. The monoisotopic (exact) mass is 532 g/mol. The first-order valence-corrected chi connectivity index (χ1v) is 14.3. The van der Waals surface area contributed by atoms with Crippen molar-refractivity contribution in [1.82, 2.24) is 19.8 Å². The van der Waals surface area contributed by atoms with Crippen LogP contribution in [0.5, 0.6) is 0 Å². The van der Waals surface area contributed by atoms with E-state index in [1.165, 1.54) is 30.6 Å². The molecule has 1 aliphatic rings. The number of sulfonamides is 1. The third-order valence-electron chi connectivity index (χ3n) is 6.15. The molecule has 2 aromatic heterocycles. The Morgan fingerprint density at radius 1 is 1.28 bits per heavy atom. The van der Waals surface area contributed by atoms with Gasteiger partial charge < -0.3 is 9.26 Å². The Kier molecular flexibility index (Phi) is 7.63. The van der Waals surface area contributed by atoms with Crippen molar-refractivity contribution >= 4 is 27.8 Å². The second-order valence-corrected chi connectivity index (χ2v) is 12.9. The zero-order valence-corrected chi connectivity index (χ0v) is 22.8. The number of hydrogen-bond donors (Lipinski definition) is 1. The van der Waals surface area contributed by atoms with E-state index in [2.05, 4.69) is 14.9 Å². The largest absolute Gasteiger partial charge is 0.461 e. The van der Waals surface area contributed by atoms with E-state index in [9.17, 15) is 13.2 Å². The zero-order chi connectivity index (χ0) is 26.1. The maximum Gasteiger partial charge on any atom is 0.293 e. The van der Waals surface area contributed by atoms with E-state index >= 15 is 0 Å². The molecule has 0 atom stereocenters. The molecule has 0 amide bonds. The lowest BCUT2D eigenvalue weighted by Crippen LogP contribution is -2.30. The molecule has 4 rings (SSSR count). The van der Waals surface area contributed by atoms with Gasteiger partial charge in [-0.1, -0.05) is 30.5 Å². The molecule has 0 saturated heterocycles. The van der Waals surface area contributed by atoms with Crippen molar-refractivity contribution in [2.45, 2.75) is 83.3 Å². The quantitative estimate of drug-likeness (QED) is 0.353. The van der Waals surface area contributed by atoms with Crippen LogP contribution in [0, 0.1) is 12.8 Å². The molecule has 0 radical (unpaired) electrons. The second-order valence-electron chi connectivity index (χ2n) is 10.2. The molecule has 3 aromatic rings. The lowest BCUT2D eigenvalue weighted by Gasteiger charge is -2.24. The van der Waals surface area contributed by atoms with E-state index in [1.807, 2.05) is 13.0 Å². The summed E-state index contributed by atoms with van der Waals surface area (Å²) in [5, 5.41) is 4.76. The van der Waals surface area contributed by atoms with Crippen molar-refractivity contribution in [1.29, 1.82) is 0 Å². The highest BCUT2D eigenvalue weighted by Crippen LogP contribution is 2.40. The Morgan fingerprint density at radius 3 is 2.64 bits per heavy atom. The van der Waals surface area contributed by atoms with Gasteiger partial charge in [0, 0.05) is 6.04 Å². The molecule has 11 heteroatoms. The SMILES string of the molecule is Cc1cc(S(=O)(=O)NC(C)C)ccc1-c1sc(-c2noc(CC(C)(C)OC=O)n2)nc1CC1CCC1. The molecule has 9 nitrogen and oxygen atoms in total. The summed E-state index contributed by atoms with van der Waals surface area (Å²) in [7, 11) is -3.59. The van der Waals surface area contributed by atoms with Gasteiger partial charge >= 0.3 is 0 Å². The number of thiazole rings is 1. The molecule has 1 saturated carbocycles. The number of carbonyl (C=O) groups is 1. The molecule has 1 aliphatic carbocycles. The smallest absolute Gasteiger partial charge is 0.293 e. The number of carbonyl (C=O) groups excluding carboxylic acids is 1. The number of hydrogen-bond acceptors (Lipinski definition) is 9. The van der Waals surface area contributed by atoms with Gasteiger partial charge in [0.1, 0.15) is 5.60 Å². The van der Waals surface area contributed by atoms with Crippen molar-refractivity contribution in [3.05, 3.63) is 35.3 Å². The van der Waals surface area contributed by atoms with Gasteiger partial charge in [0.15, 0.2) is 5.01 Å². The number of rotatable bonds is 11. The first-order chi connectivity index (χ1) is 17.0. The summed E-state index contributed by atoms with van der Waals surface area (Å²) in [6.07, 6.45) is 4.73. The first-order valence-electron chi connectivity index (χ1n) is 12.0.